The van der Waals surface area contributed by atoms with Crippen LogP contribution >= 0.6 is 0 Å². The first-order valence-electron chi connectivity index (χ1n) is 4.81. The molecular weight excluding hydrogens is 184 g/mol. The van der Waals surface area contributed by atoms with Gasteiger partial charge in [0, 0.05) is 0 Å². The maximum absolute atomic E-state index is 10.8. The molecular formula is C10H18O4. The molecule has 2 N–H and O–H groups in total. The summed E-state index contributed by atoms with van der Waals surface area (Å²) in [5, 5.41) is 16.9. The van der Waals surface area contributed by atoms with Crippen molar-refractivity contribution in [1.82, 2.24) is 0 Å². The maximum atomic E-state index is 10.8. The molecule has 0 aliphatic carbocycles. The van der Waals surface area contributed by atoms with E-state index in [1.54, 1.807) is 6.08 Å². The Labute approximate surface area is 84.1 Å². The molecule has 1 atom stereocenters. The molecule has 0 fully saturated rings. The van der Waals surface area contributed by atoms with E-state index < -0.39 is 12.6 Å². The highest BCUT2D eigenvalue weighted by Crippen LogP contribution is 2.12. The van der Waals surface area contributed by atoms with Gasteiger partial charge in [0.25, 0.3) is 0 Å². The highest BCUT2D eigenvalue weighted by molar-refractivity contribution is 5.88. The summed E-state index contributed by atoms with van der Waals surface area (Å²) in [6, 6.07) is 0. The fraction of sp³-hybridized carbons (Fsp3) is 0.700. The molecule has 1 unspecified atom stereocenters. The van der Waals surface area contributed by atoms with Gasteiger partial charge in [-0.25, -0.2) is 4.79 Å². The topological polar surface area (TPSA) is 66.8 Å². The van der Waals surface area contributed by atoms with Gasteiger partial charge in [0.05, 0.1) is 12.2 Å². The lowest BCUT2D eigenvalue weighted by atomic mass is 10.0. The van der Waals surface area contributed by atoms with Crippen LogP contribution < -0.4 is 0 Å². The SMILES string of the molecule is CCCC(C)CC=C(CO)C(=O)OO. The van der Waals surface area contributed by atoms with Crippen LogP contribution in [0.3, 0.4) is 0 Å². The van der Waals surface area contributed by atoms with Gasteiger partial charge in [-0.15, -0.1) is 0 Å². The largest absolute Gasteiger partial charge is 0.391 e. The zero-order valence-corrected chi connectivity index (χ0v) is 8.69. The molecule has 0 saturated heterocycles. The Kier molecular flexibility index (Phi) is 7.06. The lowest BCUT2D eigenvalue weighted by molar-refractivity contribution is -0.229. The van der Waals surface area contributed by atoms with Crippen LogP contribution in [0.4, 0.5) is 0 Å². The van der Waals surface area contributed by atoms with Crippen molar-refractivity contribution in [3.8, 4) is 0 Å². The molecule has 0 spiro atoms. The van der Waals surface area contributed by atoms with Gasteiger partial charge >= 0.3 is 5.97 Å². The Balaban J connectivity index is 4.10. The molecule has 0 aromatic rings. The second-order valence-corrected chi connectivity index (χ2v) is 3.40. The zero-order chi connectivity index (χ0) is 11.0. The third kappa shape index (κ3) is 4.99. The predicted octanol–water partition coefficient (Wildman–Crippen LogP) is 1.75. The number of hydrogen-bond acceptors (Lipinski definition) is 4. The Morgan fingerprint density at radius 3 is 2.64 bits per heavy atom. The minimum Gasteiger partial charge on any atom is -0.391 e. The standard InChI is InChI=1S/C10H18O4/c1-3-4-8(2)5-6-9(7-11)10(12)14-13/h6,8,11,13H,3-5,7H2,1-2H3. The van der Waals surface area contributed by atoms with Crippen LogP contribution in [0.15, 0.2) is 11.6 Å². The third-order valence-corrected chi connectivity index (χ3v) is 2.06. The molecule has 0 saturated carbocycles. The number of aliphatic hydroxyl groups excluding tert-OH is 1. The van der Waals surface area contributed by atoms with Crippen molar-refractivity contribution in [1.29, 1.82) is 0 Å². The molecule has 0 aliphatic heterocycles. The van der Waals surface area contributed by atoms with E-state index in [1.807, 2.05) is 0 Å². The van der Waals surface area contributed by atoms with E-state index in [2.05, 4.69) is 18.7 Å². The predicted molar refractivity (Wildman–Crippen MR) is 52.6 cm³/mol. The molecule has 0 aromatic carbocycles. The van der Waals surface area contributed by atoms with Crippen molar-refractivity contribution in [3.63, 3.8) is 0 Å². The van der Waals surface area contributed by atoms with Gasteiger partial charge in [-0.1, -0.05) is 32.8 Å². The van der Waals surface area contributed by atoms with E-state index in [-0.39, 0.29) is 5.57 Å². The van der Waals surface area contributed by atoms with Crippen molar-refractivity contribution >= 4 is 5.97 Å². The molecule has 4 nitrogen and oxygen atoms in total. The van der Waals surface area contributed by atoms with Crippen molar-refractivity contribution in [3.05, 3.63) is 11.6 Å². The Morgan fingerprint density at radius 2 is 2.21 bits per heavy atom. The molecule has 0 amide bonds. The van der Waals surface area contributed by atoms with E-state index in [4.69, 9.17) is 10.4 Å². The Morgan fingerprint density at radius 1 is 1.57 bits per heavy atom. The average Bonchev–Trinajstić information content (AvgIpc) is 2.18. The van der Waals surface area contributed by atoms with Crippen molar-refractivity contribution in [2.24, 2.45) is 5.92 Å². The Hall–Kier alpha value is -0.870. The summed E-state index contributed by atoms with van der Waals surface area (Å²) in [4.78, 5) is 14.3. The van der Waals surface area contributed by atoms with E-state index in [0.29, 0.717) is 12.3 Å². The Bertz CT molecular complexity index is 198. The number of aliphatic hydroxyl groups is 1. The fourth-order valence-corrected chi connectivity index (χ4v) is 1.23. The zero-order valence-electron chi connectivity index (χ0n) is 8.69. The minimum atomic E-state index is -0.879. The van der Waals surface area contributed by atoms with E-state index in [0.717, 1.165) is 12.8 Å². The van der Waals surface area contributed by atoms with Crippen LogP contribution in [0.25, 0.3) is 0 Å². The highest BCUT2D eigenvalue weighted by atomic mass is 17.1. The van der Waals surface area contributed by atoms with Gasteiger partial charge in [0.1, 0.15) is 0 Å². The normalized spacial score (nSPS) is 13.9. The molecule has 0 rings (SSSR count). The molecule has 0 radical (unpaired) electrons. The number of carbonyl (C=O) groups is 1. The van der Waals surface area contributed by atoms with Crippen LogP contribution in [0.1, 0.15) is 33.1 Å². The highest BCUT2D eigenvalue weighted by Gasteiger charge is 2.09. The average molecular weight is 202 g/mol. The van der Waals surface area contributed by atoms with Crippen LogP contribution in [-0.2, 0) is 9.68 Å². The lowest BCUT2D eigenvalue weighted by Gasteiger charge is -2.06. The molecule has 82 valence electrons. The monoisotopic (exact) mass is 202 g/mol. The molecule has 14 heavy (non-hydrogen) atoms. The minimum absolute atomic E-state index is 0.107. The van der Waals surface area contributed by atoms with Gasteiger partial charge in [0.15, 0.2) is 0 Å². The molecule has 0 aliphatic rings. The van der Waals surface area contributed by atoms with Gasteiger partial charge in [-0.2, -0.15) is 5.26 Å². The van der Waals surface area contributed by atoms with Crippen molar-refractivity contribution < 1.29 is 20.0 Å². The summed E-state index contributed by atoms with van der Waals surface area (Å²) in [5.74, 6) is -0.413. The second kappa shape index (κ2) is 7.53. The van der Waals surface area contributed by atoms with Crippen molar-refractivity contribution in [2.45, 2.75) is 33.1 Å². The summed E-state index contributed by atoms with van der Waals surface area (Å²) < 4.78 is 0. The summed E-state index contributed by atoms with van der Waals surface area (Å²) in [6.45, 7) is 3.76. The lowest BCUT2D eigenvalue weighted by Crippen LogP contribution is -2.09. The van der Waals surface area contributed by atoms with Crippen molar-refractivity contribution in [2.75, 3.05) is 6.61 Å². The van der Waals surface area contributed by atoms with E-state index in [1.165, 1.54) is 0 Å². The molecule has 4 heteroatoms. The number of rotatable bonds is 6. The smallest absolute Gasteiger partial charge is 0.370 e. The molecule has 0 aromatic heterocycles. The second-order valence-electron chi connectivity index (χ2n) is 3.40. The van der Waals surface area contributed by atoms with Crippen LogP contribution in [-0.4, -0.2) is 22.9 Å². The van der Waals surface area contributed by atoms with Gasteiger partial charge in [-0.3, -0.25) is 4.89 Å². The molecule has 0 bridgehead atoms. The number of carbonyl (C=O) groups excluding carboxylic acids is 1. The summed E-state index contributed by atoms with van der Waals surface area (Å²) in [7, 11) is 0. The first kappa shape index (κ1) is 13.1. The summed E-state index contributed by atoms with van der Waals surface area (Å²) >= 11 is 0. The van der Waals surface area contributed by atoms with E-state index in [9.17, 15) is 4.79 Å². The summed E-state index contributed by atoms with van der Waals surface area (Å²) in [5.41, 5.74) is 0.107. The fourth-order valence-electron chi connectivity index (χ4n) is 1.23. The first-order valence-corrected chi connectivity index (χ1v) is 4.81. The first-order chi connectivity index (χ1) is 6.65. The van der Waals surface area contributed by atoms with Gasteiger partial charge in [0.2, 0.25) is 0 Å². The van der Waals surface area contributed by atoms with Gasteiger partial charge < -0.3 is 5.11 Å². The maximum Gasteiger partial charge on any atom is 0.370 e. The number of hydrogen-bond donors (Lipinski definition) is 2. The van der Waals surface area contributed by atoms with Gasteiger partial charge in [-0.05, 0) is 12.3 Å². The van der Waals surface area contributed by atoms with Crippen LogP contribution in [0.2, 0.25) is 0 Å². The molecule has 0 heterocycles. The number of allylic oxidation sites excluding steroid dienone is 1. The van der Waals surface area contributed by atoms with E-state index >= 15 is 0 Å². The van der Waals surface area contributed by atoms with Crippen LogP contribution in [0, 0.1) is 5.92 Å². The summed E-state index contributed by atoms with van der Waals surface area (Å²) in [6.07, 6.45) is 4.48. The third-order valence-electron chi connectivity index (χ3n) is 2.06. The quantitative estimate of drug-likeness (QED) is 0.391. The van der Waals surface area contributed by atoms with Crippen LogP contribution in [0.5, 0.6) is 0 Å².